The Balaban J connectivity index is 1.72. The number of rotatable bonds is 8. The normalized spacial score (nSPS) is 10.8. The maximum Gasteiger partial charge on any atom is 0.244 e. The highest BCUT2D eigenvalue weighted by Crippen LogP contribution is 2.29. The molecule has 0 saturated carbocycles. The summed E-state index contributed by atoms with van der Waals surface area (Å²) in [5, 5.41) is 3.43. The van der Waals surface area contributed by atoms with Crippen molar-refractivity contribution in [3.05, 3.63) is 98.8 Å². The van der Waals surface area contributed by atoms with E-state index in [2.05, 4.69) is 5.32 Å². The molecule has 1 heterocycles. The van der Waals surface area contributed by atoms with Crippen molar-refractivity contribution in [1.82, 2.24) is 4.57 Å². The Morgan fingerprint density at radius 1 is 0.972 bits per heavy atom. The van der Waals surface area contributed by atoms with Crippen LogP contribution in [0.3, 0.4) is 0 Å². The topological polar surface area (TPSA) is 86.6 Å². The summed E-state index contributed by atoms with van der Waals surface area (Å²) < 4.78 is 12.1. The molecule has 0 radical (unpaired) electrons. The number of fused-ring (bicyclic) bond motifs is 1. The smallest absolute Gasteiger partial charge is 0.244 e. The van der Waals surface area contributed by atoms with Crippen molar-refractivity contribution in [2.75, 3.05) is 19.5 Å². The molecule has 184 valence electrons. The zero-order valence-corrected chi connectivity index (χ0v) is 20.9. The average Bonchev–Trinajstić information content (AvgIpc) is 2.90. The minimum Gasteiger partial charge on any atom is -0.497 e. The lowest BCUT2D eigenvalue weighted by Crippen LogP contribution is -2.24. The third kappa shape index (κ3) is 5.11. The number of anilines is 1. The number of hydrogen-bond donors (Lipinski definition) is 1. The van der Waals surface area contributed by atoms with Crippen LogP contribution in [0.15, 0.2) is 71.7 Å². The first-order valence-corrected chi connectivity index (χ1v) is 11.7. The van der Waals surface area contributed by atoms with Crippen LogP contribution < -0.4 is 20.2 Å². The molecule has 0 bridgehead atoms. The summed E-state index contributed by atoms with van der Waals surface area (Å²) in [5.74, 6) is 0.230. The van der Waals surface area contributed by atoms with E-state index in [0.29, 0.717) is 33.3 Å². The van der Waals surface area contributed by atoms with Gasteiger partial charge >= 0.3 is 0 Å². The summed E-state index contributed by atoms with van der Waals surface area (Å²) >= 11 is 6.16. The first-order valence-electron chi connectivity index (χ1n) is 11.3. The van der Waals surface area contributed by atoms with Crippen LogP contribution >= 0.6 is 11.6 Å². The van der Waals surface area contributed by atoms with Gasteiger partial charge in [0.05, 0.1) is 31.0 Å². The number of methoxy groups -OCH3 is 2. The number of hydrogen-bond acceptors (Lipinski definition) is 5. The maximum atomic E-state index is 13.3. The van der Waals surface area contributed by atoms with E-state index >= 15 is 0 Å². The van der Waals surface area contributed by atoms with Gasteiger partial charge in [-0.25, -0.2) is 0 Å². The molecule has 36 heavy (non-hydrogen) atoms. The lowest BCUT2D eigenvalue weighted by Gasteiger charge is -2.15. The number of carbonyl (C=O) groups excluding carboxylic acids is 2. The number of carbonyl (C=O) groups is 2. The van der Waals surface area contributed by atoms with Crippen molar-refractivity contribution in [1.29, 1.82) is 0 Å². The molecule has 0 aliphatic heterocycles. The fourth-order valence-electron chi connectivity index (χ4n) is 3.96. The van der Waals surface area contributed by atoms with Gasteiger partial charge in [0.2, 0.25) is 11.3 Å². The third-order valence-corrected chi connectivity index (χ3v) is 6.14. The number of halogens is 1. The molecule has 1 N–H and O–H groups in total. The molecule has 0 aliphatic carbocycles. The van der Waals surface area contributed by atoms with Crippen LogP contribution in [0.2, 0.25) is 5.02 Å². The summed E-state index contributed by atoms with van der Waals surface area (Å²) in [6.45, 7) is 1.87. The van der Waals surface area contributed by atoms with Crippen molar-refractivity contribution < 1.29 is 19.1 Å². The lowest BCUT2D eigenvalue weighted by molar-refractivity contribution is -0.116. The van der Waals surface area contributed by atoms with Gasteiger partial charge in [-0.05, 0) is 42.3 Å². The number of nitrogens with zero attached hydrogens (tertiary/aromatic N) is 1. The number of benzene rings is 3. The Morgan fingerprint density at radius 2 is 1.72 bits per heavy atom. The van der Waals surface area contributed by atoms with Gasteiger partial charge in [-0.1, -0.05) is 42.8 Å². The predicted octanol–water partition coefficient (Wildman–Crippen LogP) is 5.10. The molecular formula is C28H25ClN2O5. The highest BCUT2D eigenvalue weighted by molar-refractivity contribution is 6.31. The summed E-state index contributed by atoms with van der Waals surface area (Å²) in [6, 6.07) is 17.0. The van der Waals surface area contributed by atoms with Crippen molar-refractivity contribution >= 4 is 39.9 Å². The Kier molecular flexibility index (Phi) is 7.41. The first kappa shape index (κ1) is 25.0. The van der Waals surface area contributed by atoms with Crippen molar-refractivity contribution in [3.8, 4) is 11.5 Å². The fraction of sp³-hybridized carbons (Fsp3) is 0.179. The number of nitrogens with one attached hydrogen (secondary N) is 1. The fourth-order valence-corrected chi connectivity index (χ4v) is 4.13. The zero-order chi connectivity index (χ0) is 25.8. The van der Waals surface area contributed by atoms with Gasteiger partial charge in [0.1, 0.15) is 18.0 Å². The van der Waals surface area contributed by atoms with Crippen LogP contribution in [-0.4, -0.2) is 30.5 Å². The van der Waals surface area contributed by atoms with Crippen LogP contribution in [0.25, 0.3) is 10.9 Å². The highest BCUT2D eigenvalue weighted by atomic mass is 35.5. The zero-order valence-electron chi connectivity index (χ0n) is 20.1. The third-order valence-electron chi connectivity index (χ3n) is 5.91. The summed E-state index contributed by atoms with van der Waals surface area (Å²) in [6.07, 6.45) is 2.27. The number of aryl methyl sites for hydroxylation is 1. The summed E-state index contributed by atoms with van der Waals surface area (Å²) in [5.41, 5.74) is 1.95. The Bertz CT molecular complexity index is 1510. The Morgan fingerprint density at radius 3 is 2.39 bits per heavy atom. The van der Waals surface area contributed by atoms with E-state index < -0.39 is 11.2 Å². The van der Waals surface area contributed by atoms with Crippen LogP contribution in [0.4, 0.5) is 5.69 Å². The second-order valence-corrected chi connectivity index (χ2v) is 8.59. The monoisotopic (exact) mass is 504 g/mol. The largest absolute Gasteiger partial charge is 0.497 e. The molecule has 7 nitrogen and oxygen atoms in total. The van der Waals surface area contributed by atoms with E-state index in [-0.39, 0.29) is 23.4 Å². The van der Waals surface area contributed by atoms with E-state index in [1.165, 1.54) is 26.5 Å². The van der Waals surface area contributed by atoms with Gasteiger partial charge in [-0.2, -0.15) is 0 Å². The second kappa shape index (κ2) is 10.7. The van der Waals surface area contributed by atoms with Crippen LogP contribution in [0.5, 0.6) is 11.5 Å². The molecule has 8 heteroatoms. The van der Waals surface area contributed by atoms with Gasteiger partial charge in [-0.15, -0.1) is 0 Å². The van der Waals surface area contributed by atoms with Crippen molar-refractivity contribution in [2.45, 2.75) is 19.9 Å². The van der Waals surface area contributed by atoms with Gasteiger partial charge in [0.15, 0.2) is 5.78 Å². The number of amides is 1. The summed E-state index contributed by atoms with van der Waals surface area (Å²) in [7, 11) is 3.03. The molecule has 0 atom stereocenters. The van der Waals surface area contributed by atoms with E-state index in [1.54, 1.807) is 47.0 Å². The lowest BCUT2D eigenvalue weighted by atomic mass is 10.0. The SMILES string of the molecule is CCc1ccc(C(=O)c2cn(CC(=O)Nc3ccc(OC)cc3OC)c3ccc(Cl)cc3c2=O)cc1. The minimum absolute atomic E-state index is 0.0381. The predicted molar refractivity (Wildman–Crippen MR) is 141 cm³/mol. The first-order chi connectivity index (χ1) is 17.3. The van der Waals surface area contributed by atoms with Gasteiger partial charge < -0.3 is 19.4 Å². The van der Waals surface area contributed by atoms with Gasteiger partial charge in [-0.3, -0.25) is 14.4 Å². The van der Waals surface area contributed by atoms with Crippen LogP contribution in [0.1, 0.15) is 28.4 Å². The molecule has 0 saturated heterocycles. The number of aromatic nitrogens is 1. The number of ketones is 1. The van der Waals surface area contributed by atoms with E-state index in [4.69, 9.17) is 21.1 Å². The maximum absolute atomic E-state index is 13.3. The van der Waals surface area contributed by atoms with Crippen molar-refractivity contribution in [2.24, 2.45) is 0 Å². The molecule has 0 fully saturated rings. The van der Waals surface area contributed by atoms with Crippen LogP contribution in [-0.2, 0) is 17.8 Å². The van der Waals surface area contributed by atoms with Crippen molar-refractivity contribution in [3.63, 3.8) is 0 Å². The second-order valence-electron chi connectivity index (χ2n) is 8.16. The van der Waals surface area contributed by atoms with E-state index in [1.807, 2.05) is 19.1 Å². The van der Waals surface area contributed by atoms with E-state index in [9.17, 15) is 14.4 Å². The van der Waals surface area contributed by atoms with Crippen LogP contribution in [0, 0.1) is 0 Å². The minimum atomic E-state index is -0.439. The van der Waals surface area contributed by atoms with Gasteiger partial charge in [0.25, 0.3) is 0 Å². The molecule has 0 spiro atoms. The number of ether oxygens (including phenoxy) is 2. The molecule has 1 aromatic heterocycles. The molecule has 0 aliphatic rings. The molecule has 1 amide bonds. The molecule has 0 unspecified atom stereocenters. The Labute approximate surface area is 213 Å². The quantitative estimate of drug-likeness (QED) is 0.337. The molecule has 4 aromatic rings. The number of pyridine rings is 1. The van der Waals surface area contributed by atoms with E-state index in [0.717, 1.165) is 12.0 Å². The standard InChI is InChI=1S/C28H25ClN2O5/c1-4-17-5-7-18(8-6-17)27(33)22-15-31(24-12-9-19(29)13-21(24)28(22)34)16-26(32)30-23-11-10-20(35-2)14-25(23)36-3/h5-15H,4,16H2,1-3H3,(H,30,32). The molecular weight excluding hydrogens is 480 g/mol. The molecule has 3 aromatic carbocycles. The average molecular weight is 505 g/mol. The highest BCUT2D eigenvalue weighted by Gasteiger charge is 2.19. The summed E-state index contributed by atoms with van der Waals surface area (Å²) in [4.78, 5) is 39.6. The molecule has 4 rings (SSSR count). The van der Waals surface area contributed by atoms with Gasteiger partial charge in [0, 0.05) is 28.2 Å². The Hall–Kier alpha value is -4.10.